The molecule has 5 nitrogen and oxygen atoms in total. The van der Waals surface area contributed by atoms with E-state index in [2.05, 4.69) is 10.3 Å². The maximum Gasteiger partial charge on any atom is 0.256 e. The average molecular weight is 518 g/mol. The molecule has 0 aliphatic carbocycles. The fourth-order valence-corrected chi connectivity index (χ4v) is 4.36. The number of nitrogens with one attached hydrogen (secondary N) is 1. The zero-order valence-corrected chi connectivity index (χ0v) is 22.2. The number of halogens is 1. The van der Waals surface area contributed by atoms with Gasteiger partial charge in [0.1, 0.15) is 0 Å². The number of carbonyl (C=O) groups excluding carboxylic acids is 2. The highest BCUT2D eigenvalue weighted by Gasteiger charge is 2.17. The Morgan fingerprint density at radius 1 is 0.917 bits per heavy atom. The van der Waals surface area contributed by atoms with Gasteiger partial charge in [0.15, 0.2) is 0 Å². The Kier molecular flexibility index (Phi) is 9.28. The molecule has 0 fully saturated rings. The van der Waals surface area contributed by atoms with Crippen LogP contribution in [0.15, 0.2) is 83.9 Å². The molecule has 7 heteroatoms. The lowest BCUT2D eigenvalue weighted by molar-refractivity contribution is 0.0997. The summed E-state index contributed by atoms with van der Waals surface area (Å²) in [4.78, 5) is 30.3. The van der Waals surface area contributed by atoms with Gasteiger partial charge in [-0.05, 0) is 90.5 Å². The van der Waals surface area contributed by atoms with Gasteiger partial charge in [-0.25, -0.2) is 0 Å². The van der Waals surface area contributed by atoms with E-state index < -0.39 is 5.91 Å². The number of hydrogen-bond donors (Lipinski definition) is 2. The number of amides is 2. The largest absolute Gasteiger partial charge is 0.366 e. The lowest BCUT2D eigenvalue weighted by Crippen LogP contribution is -2.14. The number of nitrogens with two attached hydrogens (primary N) is 1. The second-order valence-electron chi connectivity index (χ2n) is 7.67. The molecule has 4 rings (SSSR count). The number of carbonyl (C=O) groups is 2. The van der Waals surface area contributed by atoms with Crippen LogP contribution in [-0.4, -0.2) is 23.1 Å². The lowest BCUT2D eigenvalue weighted by atomic mass is 9.94. The van der Waals surface area contributed by atoms with Gasteiger partial charge in [-0.2, -0.15) is 0 Å². The second-order valence-corrected chi connectivity index (χ2v) is 8.96. The maximum absolute atomic E-state index is 13.4. The molecule has 0 saturated carbocycles. The molecule has 0 aliphatic rings. The van der Waals surface area contributed by atoms with Crippen LogP contribution in [0.1, 0.15) is 40.1 Å². The average Bonchev–Trinajstić information content (AvgIpc) is 2.91. The van der Waals surface area contributed by atoms with Crippen molar-refractivity contribution >= 4 is 40.9 Å². The molecule has 0 bridgehead atoms. The Morgan fingerprint density at radius 2 is 1.69 bits per heavy atom. The quantitative estimate of drug-likeness (QED) is 0.260. The van der Waals surface area contributed by atoms with Gasteiger partial charge < -0.3 is 11.1 Å². The first-order valence-corrected chi connectivity index (χ1v) is 13.1. The molecule has 4 aromatic rings. The zero-order chi connectivity index (χ0) is 26.2. The van der Waals surface area contributed by atoms with Gasteiger partial charge >= 0.3 is 0 Å². The Labute approximate surface area is 221 Å². The molecule has 0 spiro atoms. The smallest absolute Gasteiger partial charge is 0.256 e. The second kappa shape index (κ2) is 12.4. The van der Waals surface area contributed by atoms with Gasteiger partial charge in [0.2, 0.25) is 5.91 Å². The van der Waals surface area contributed by atoms with Crippen LogP contribution in [-0.2, 0) is 0 Å². The summed E-state index contributed by atoms with van der Waals surface area (Å²) >= 11 is 7.98. The summed E-state index contributed by atoms with van der Waals surface area (Å²) < 4.78 is 0. The number of aromatic nitrogens is 1. The number of primary amides is 1. The fraction of sp³-hybridized carbons (Fsp3) is 0.138. The molecule has 2 amide bonds. The minimum absolute atomic E-state index is 0.254. The third-order valence-corrected chi connectivity index (χ3v) is 6.49. The van der Waals surface area contributed by atoms with Crippen LogP contribution in [0.4, 0.5) is 5.69 Å². The van der Waals surface area contributed by atoms with Gasteiger partial charge in [-0.15, -0.1) is 11.8 Å². The number of pyridine rings is 1. The third kappa shape index (κ3) is 6.14. The minimum atomic E-state index is -0.489. The lowest BCUT2D eigenvalue weighted by Gasteiger charge is -2.15. The summed E-state index contributed by atoms with van der Waals surface area (Å²) in [5.74, 6) is -0.743. The number of hydrogen-bond acceptors (Lipinski definition) is 4. The zero-order valence-electron chi connectivity index (χ0n) is 20.6. The number of rotatable bonds is 6. The summed E-state index contributed by atoms with van der Waals surface area (Å²) in [6, 6.07) is 21.8. The highest BCUT2D eigenvalue weighted by Crippen LogP contribution is 2.33. The van der Waals surface area contributed by atoms with E-state index >= 15 is 0 Å². The van der Waals surface area contributed by atoms with E-state index in [0.29, 0.717) is 21.8 Å². The molecule has 1 heterocycles. The highest BCUT2D eigenvalue weighted by molar-refractivity contribution is 7.98. The van der Waals surface area contributed by atoms with E-state index in [9.17, 15) is 9.59 Å². The number of anilines is 1. The molecule has 3 aromatic carbocycles. The molecular formula is C29H28ClN3O2S. The standard InChI is InChI=1S/C27H22ClN3O2S.C2H6/c1-16-13-17(26(29)32)6-9-20(16)22-15-19(34-2)8-10-21(22)27(33)31-18-7-11-24(28)23(14-18)25-5-3-4-12-30-25;1-2/h3-15H,1-2H3,(H2,29,32)(H,31,33);1-2H3. The van der Waals surface area contributed by atoms with Crippen LogP contribution in [0.2, 0.25) is 5.02 Å². The van der Waals surface area contributed by atoms with E-state index in [1.807, 2.05) is 75.6 Å². The summed E-state index contributed by atoms with van der Waals surface area (Å²) in [6.07, 6.45) is 3.68. The first-order valence-electron chi connectivity index (χ1n) is 11.5. The van der Waals surface area contributed by atoms with Gasteiger partial charge in [-0.3, -0.25) is 14.6 Å². The molecule has 36 heavy (non-hydrogen) atoms. The summed E-state index contributed by atoms with van der Waals surface area (Å²) in [5, 5.41) is 3.53. The molecule has 0 aliphatic heterocycles. The van der Waals surface area contributed by atoms with Crippen molar-refractivity contribution in [2.24, 2.45) is 5.73 Å². The molecule has 1 aromatic heterocycles. The van der Waals surface area contributed by atoms with Crippen molar-refractivity contribution in [1.29, 1.82) is 0 Å². The van der Waals surface area contributed by atoms with E-state index in [-0.39, 0.29) is 5.91 Å². The van der Waals surface area contributed by atoms with Crippen LogP contribution in [0.5, 0.6) is 0 Å². The SMILES string of the molecule is CC.CSc1ccc(C(=O)Nc2ccc(Cl)c(-c3ccccn3)c2)c(-c2ccc(C(N)=O)cc2C)c1. The molecule has 0 radical (unpaired) electrons. The molecule has 0 atom stereocenters. The third-order valence-electron chi connectivity index (χ3n) is 5.44. The van der Waals surface area contributed by atoms with E-state index in [1.54, 1.807) is 42.2 Å². The van der Waals surface area contributed by atoms with Gasteiger partial charge in [0.25, 0.3) is 5.91 Å². The first kappa shape index (κ1) is 27.0. The van der Waals surface area contributed by atoms with Gasteiger partial charge in [0, 0.05) is 33.5 Å². The van der Waals surface area contributed by atoms with E-state index in [1.165, 1.54) is 0 Å². The van der Waals surface area contributed by atoms with E-state index in [0.717, 1.165) is 32.8 Å². The van der Waals surface area contributed by atoms with Gasteiger partial charge in [-0.1, -0.05) is 37.6 Å². The van der Waals surface area contributed by atoms with Gasteiger partial charge in [0.05, 0.1) is 10.7 Å². The van der Waals surface area contributed by atoms with Crippen LogP contribution >= 0.6 is 23.4 Å². The number of thioether (sulfide) groups is 1. The molecular weight excluding hydrogens is 490 g/mol. The van der Waals surface area contributed by atoms with Crippen LogP contribution in [0, 0.1) is 6.92 Å². The molecule has 0 unspecified atom stereocenters. The Hall–Kier alpha value is -3.61. The number of nitrogens with zero attached hydrogens (tertiary/aromatic N) is 1. The van der Waals surface area contributed by atoms with Crippen molar-refractivity contribution in [1.82, 2.24) is 4.98 Å². The summed E-state index contributed by atoms with van der Waals surface area (Å²) in [6.45, 7) is 5.90. The fourth-order valence-electron chi connectivity index (χ4n) is 3.71. The Bertz CT molecular complexity index is 1390. The monoisotopic (exact) mass is 517 g/mol. The topological polar surface area (TPSA) is 85.1 Å². The van der Waals surface area contributed by atoms with E-state index in [4.69, 9.17) is 17.3 Å². The van der Waals surface area contributed by atoms with Crippen molar-refractivity contribution in [2.75, 3.05) is 11.6 Å². The predicted octanol–water partition coefficient (Wildman–Crippen LogP) is 7.48. The summed E-state index contributed by atoms with van der Waals surface area (Å²) in [7, 11) is 0. The van der Waals surface area contributed by atoms with Crippen molar-refractivity contribution < 1.29 is 9.59 Å². The Balaban J connectivity index is 0.00000176. The Morgan fingerprint density at radius 3 is 2.33 bits per heavy atom. The molecule has 0 saturated heterocycles. The highest BCUT2D eigenvalue weighted by atomic mass is 35.5. The van der Waals surface area contributed by atoms with Crippen molar-refractivity contribution in [3.8, 4) is 22.4 Å². The number of aryl methyl sites for hydroxylation is 1. The maximum atomic E-state index is 13.4. The van der Waals surface area contributed by atoms with Crippen LogP contribution in [0.25, 0.3) is 22.4 Å². The predicted molar refractivity (Wildman–Crippen MR) is 151 cm³/mol. The molecule has 3 N–H and O–H groups in total. The minimum Gasteiger partial charge on any atom is -0.366 e. The van der Waals surface area contributed by atoms with Crippen LogP contribution in [0.3, 0.4) is 0 Å². The van der Waals surface area contributed by atoms with Crippen molar-refractivity contribution in [3.05, 3.63) is 101 Å². The van der Waals surface area contributed by atoms with Crippen molar-refractivity contribution in [3.63, 3.8) is 0 Å². The number of benzene rings is 3. The van der Waals surface area contributed by atoms with Crippen molar-refractivity contribution in [2.45, 2.75) is 25.7 Å². The summed E-state index contributed by atoms with van der Waals surface area (Å²) in [5.41, 5.74) is 10.9. The van der Waals surface area contributed by atoms with Crippen LogP contribution < -0.4 is 11.1 Å². The normalized spacial score (nSPS) is 10.2. The first-order chi connectivity index (χ1) is 17.4. The molecule has 184 valence electrons.